The Bertz CT molecular complexity index is 288. The number of rotatable bonds is 5. The molecule has 2 fully saturated rings. The lowest BCUT2D eigenvalue weighted by Crippen LogP contribution is -2.52. The van der Waals surface area contributed by atoms with Crippen molar-refractivity contribution in [3.05, 3.63) is 25.3 Å². The Balaban J connectivity index is 2.30. The highest BCUT2D eigenvalue weighted by atomic mass is 16.7. The monoisotopic (exact) mass is 238 g/mol. The molecule has 0 aromatic heterocycles. The minimum atomic E-state index is -0.594. The van der Waals surface area contributed by atoms with E-state index in [4.69, 9.17) is 9.47 Å². The van der Waals surface area contributed by atoms with Crippen molar-refractivity contribution in [2.45, 2.75) is 44.0 Å². The largest absolute Gasteiger partial charge is 0.392 e. The van der Waals surface area contributed by atoms with Gasteiger partial charge in [0, 0.05) is 6.42 Å². The summed E-state index contributed by atoms with van der Waals surface area (Å²) >= 11 is 0. The lowest BCUT2D eigenvalue weighted by Gasteiger charge is -2.44. The Kier molecular flexibility index (Phi) is 3.71. The van der Waals surface area contributed by atoms with Gasteiger partial charge in [-0.3, -0.25) is 0 Å². The molecular formula is C14H22O3. The normalized spacial score (nSPS) is 32.8. The third kappa shape index (κ3) is 1.86. The smallest absolute Gasteiger partial charge is 0.176 e. The van der Waals surface area contributed by atoms with E-state index in [-0.39, 0.29) is 5.41 Å². The van der Waals surface area contributed by atoms with Gasteiger partial charge in [0.2, 0.25) is 0 Å². The minimum Gasteiger partial charge on any atom is -0.392 e. The molecule has 3 nitrogen and oxygen atoms in total. The highest BCUT2D eigenvalue weighted by molar-refractivity contribution is 5.08. The maximum Gasteiger partial charge on any atom is 0.176 e. The van der Waals surface area contributed by atoms with Gasteiger partial charge in [-0.1, -0.05) is 12.2 Å². The fourth-order valence-corrected chi connectivity index (χ4v) is 3.42. The first-order valence-electron chi connectivity index (χ1n) is 6.38. The zero-order valence-electron chi connectivity index (χ0n) is 10.4. The van der Waals surface area contributed by atoms with Crippen molar-refractivity contribution in [3.63, 3.8) is 0 Å². The number of hydrogen-bond donors (Lipinski definition) is 1. The first-order valence-corrected chi connectivity index (χ1v) is 6.38. The summed E-state index contributed by atoms with van der Waals surface area (Å²) in [7, 11) is 0. The molecular weight excluding hydrogens is 216 g/mol. The molecule has 1 aliphatic carbocycles. The van der Waals surface area contributed by atoms with Gasteiger partial charge in [0.25, 0.3) is 0 Å². The molecule has 2 rings (SSSR count). The van der Waals surface area contributed by atoms with Crippen molar-refractivity contribution >= 4 is 0 Å². The molecule has 1 N–H and O–H groups in total. The molecule has 0 bridgehead atoms. The molecule has 1 saturated carbocycles. The highest BCUT2D eigenvalue weighted by Crippen LogP contribution is 2.56. The number of aliphatic hydroxyl groups excluding tert-OH is 1. The van der Waals surface area contributed by atoms with Crippen LogP contribution in [0.1, 0.15) is 32.1 Å². The SMILES string of the molecule is C=CC[C@H](O)[C@@]1(CC=C)CCCC12OCCO2. The maximum absolute atomic E-state index is 10.5. The van der Waals surface area contributed by atoms with Crippen LogP contribution in [0.2, 0.25) is 0 Å². The summed E-state index contributed by atoms with van der Waals surface area (Å²) in [4.78, 5) is 0. The molecule has 1 heterocycles. The van der Waals surface area contributed by atoms with Gasteiger partial charge in [0.1, 0.15) is 0 Å². The van der Waals surface area contributed by atoms with Crippen LogP contribution in [0.15, 0.2) is 25.3 Å². The summed E-state index contributed by atoms with van der Waals surface area (Å²) < 4.78 is 11.7. The van der Waals surface area contributed by atoms with Gasteiger partial charge >= 0.3 is 0 Å². The van der Waals surface area contributed by atoms with E-state index in [9.17, 15) is 5.11 Å². The predicted octanol–water partition coefficient (Wildman–Crippen LogP) is 2.41. The van der Waals surface area contributed by atoms with E-state index in [1.165, 1.54) is 0 Å². The molecule has 1 spiro atoms. The third-order valence-corrected chi connectivity index (χ3v) is 4.18. The van der Waals surface area contributed by atoms with Gasteiger partial charge in [-0.2, -0.15) is 0 Å². The molecule has 96 valence electrons. The maximum atomic E-state index is 10.5. The van der Waals surface area contributed by atoms with Gasteiger partial charge in [-0.05, 0) is 25.7 Å². The molecule has 17 heavy (non-hydrogen) atoms. The van der Waals surface area contributed by atoms with Crippen LogP contribution in [0.5, 0.6) is 0 Å². The summed E-state index contributed by atoms with van der Waals surface area (Å²) in [6.45, 7) is 8.78. The second-order valence-electron chi connectivity index (χ2n) is 4.99. The van der Waals surface area contributed by atoms with Crippen molar-refractivity contribution < 1.29 is 14.6 Å². The Labute approximate surface area is 103 Å². The van der Waals surface area contributed by atoms with E-state index in [0.717, 1.165) is 25.7 Å². The predicted molar refractivity (Wildman–Crippen MR) is 66.6 cm³/mol. The standard InChI is InChI=1S/C14H22O3/c1-3-6-12(15)13(7-4-2)8-5-9-14(13)16-10-11-17-14/h3-4,12,15H,1-2,5-11H2/t12-,13+/m0/s1. The number of ether oxygens (including phenoxy) is 2. The van der Waals surface area contributed by atoms with Crippen molar-refractivity contribution in [1.29, 1.82) is 0 Å². The molecule has 0 aromatic rings. The second kappa shape index (κ2) is 4.92. The minimum absolute atomic E-state index is 0.348. The molecule has 2 atom stereocenters. The molecule has 0 radical (unpaired) electrons. The van der Waals surface area contributed by atoms with Crippen LogP contribution < -0.4 is 0 Å². The average Bonchev–Trinajstić information content (AvgIpc) is 2.91. The van der Waals surface area contributed by atoms with E-state index >= 15 is 0 Å². The second-order valence-corrected chi connectivity index (χ2v) is 4.99. The lowest BCUT2D eigenvalue weighted by atomic mass is 9.72. The summed E-state index contributed by atoms with van der Waals surface area (Å²) in [5.41, 5.74) is -0.348. The molecule has 1 saturated heterocycles. The van der Waals surface area contributed by atoms with Gasteiger partial charge in [0.05, 0.1) is 24.7 Å². The summed E-state index contributed by atoms with van der Waals surface area (Å²) in [5.74, 6) is -0.594. The van der Waals surface area contributed by atoms with Crippen LogP contribution in [0.3, 0.4) is 0 Å². The van der Waals surface area contributed by atoms with Crippen LogP contribution in [0.4, 0.5) is 0 Å². The zero-order chi connectivity index (χ0) is 12.4. The van der Waals surface area contributed by atoms with E-state index < -0.39 is 11.9 Å². The van der Waals surface area contributed by atoms with Crippen LogP contribution in [-0.2, 0) is 9.47 Å². The van der Waals surface area contributed by atoms with Gasteiger partial charge in [-0.25, -0.2) is 0 Å². The first kappa shape index (κ1) is 12.8. The molecule has 0 amide bonds. The fourth-order valence-electron chi connectivity index (χ4n) is 3.42. The van der Waals surface area contributed by atoms with Crippen LogP contribution in [0.25, 0.3) is 0 Å². The Morgan fingerprint density at radius 2 is 1.88 bits per heavy atom. The number of allylic oxidation sites excluding steroid dienone is 1. The molecule has 1 aliphatic heterocycles. The molecule has 2 aliphatic rings. The lowest BCUT2D eigenvalue weighted by molar-refractivity contribution is -0.247. The van der Waals surface area contributed by atoms with Gasteiger partial charge in [0.15, 0.2) is 5.79 Å². The van der Waals surface area contributed by atoms with E-state index in [0.29, 0.717) is 19.6 Å². The van der Waals surface area contributed by atoms with Crippen molar-refractivity contribution in [1.82, 2.24) is 0 Å². The highest BCUT2D eigenvalue weighted by Gasteiger charge is 2.61. The number of hydrogen-bond acceptors (Lipinski definition) is 3. The third-order valence-electron chi connectivity index (χ3n) is 4.18. The summed E-state index contributed by atoms with van der Waals surface area (Å²) in [6.07, 6.45) is 7.27. The Morgan fingerprint density at radius 3 is 2.47 bits per heavy atom. The van der Waals surface area contributed by atoms with E-state index in [1.54, 1.807) is 6.08 Å². The average molecular weight is 238 g/mol. The quantitative estimate of drug-likeness (QED) is 0.748. The van der Waals surface area contributed by atoms with Crippen LogP contribution in [-0.4, -0.2) is 30.2 Å². The van der Waals surface area contributed by atoms with Crippen LogP contribution >= 0.6 is 0 Å². The van der Waals surface area contributed by atoms with E-state index in [1.807, 2.05) is 6.08 Å². The van der Waals surface area contributed by atoms with E-state index in [2.05, 4.69) is 13.2 Å². The Morgan fingerprint density at radius 1 is 1.18 bits per heavy atom. The van der Waals surface area contributed by atoms with Gasteiger partial charge < -0.3 is 14.6 Å². The fraction of sp³-hybridized carbons (Fsp3) is 0.714. The van der Waals surface area contributed by atoms with Crippen LogP contribution in [0, 0.1) is 5.41 Å². The van der Waals surface area contributed by atoms with Crippen molar-refractivity contribution in [3.8, 4) is 0 Å². The van der Waals surface area contributed by atoms with Gasteiger partial charge in [-0.15, -0.1) is 13.2 Å². The number of aliphatic hydroxyl groups is 1. The summed E-state index contributed by atoms with van der Waals surface area (Å²) in [5, 5.41) is 10.5. The van der Waals surface area contributed by atoms with Crippen molar-refractivity contribution in [2.75, 3.05) is 13.2 Å². The Hall–Kier alpha value is -0.640. The first-order chi connectivity index (χ1) is 8.21. The topological polar surface area (TPSA) is 38.7 Å². The molecule has 3 heteroatoms. The molecule has 0 aromatic carbocycles. The van der Waals surface area contributed by atoms with Crippen molar-refractivity contribution in [2.24, 2.45) is 5.41 Å². The summed E-state index contributed by atoms with van der Waals surface area (Å²) in [6, 6.07) is 0. The molecule has 0 unspecified atom stereocenters. The zero-order valence-corrected chi connectivity index (χ0v) is 10.4.